The molecule has 1 aromatic carbocycles. The number of ketones is 1. The molecule has 0 aliphatic carbocycles. The van der Waals surface area contributed by atoms with Gasteiger partial charge in [0.05, 0.1) is 13.0 Å². The van der Waals surface area contributed by atoms with Crippen molar-refractivity contribution in [3.8, 4) is 0 Å². The van der Waals surface area contributed by atoms with E-state index in [9.17, 15) is 9.59 Å². The lowest BCUT2D eigenvalue weighted by Crippen LogP contribution is -2.16. The Balaban J connectivity index is 2.76. The number of hydrogen-bond acceptors (Lipinski definition) is 3. The van der Waals surface area contributed by atoms with Crippen molar-refractivity contribution in [2.45, 2.75) is 20.3 Å². The van der Waals surface area contributed by atoms with Crippen LogP contribution in [0, 0.1) is 12.8 Å². The molecule has 92 valence electrons. The van der Waals surface area contributed by atoms with E-state index in [0.717, 1.165) is 10.0 Å². The average Bonchev–Trinajstić information content (AvgIpc) is 2.31. The molecule has 1 rings (SSSR count). The van der Waals surface area contributed by atoms with Gasteiger partial charge in [0, 0.05) is 16.5 Å². The van der Waals surface area contributed by atoms with E-state index in [0.29, 0.717) is 5.56 Å². The molecule has 0 aliphatic heterocycles. The number of hydrogen-bond donors (Lipinski definition) is 0. The molecule has 0 amide bonds. The zero-order valence-corrected chi connectivity index (χ0v) is 11.7. The highest BCUT2D eigenvalue weighted by atomic mass is 79.9. The summed E-state index contributed by atoms with van der Waals surface area (Å²) in [4.78, 5) is 23.1. The van der Waals surface area contributed by atoms with Gasteiger partial charge in [-0.2, -0.15) is 0 Å². The molecule has 0 radical (unpaired) electrons. The normalized spacial score (nSPS) is 12.0. The molecule has 0 aliphatic rings. The predicted molar refractivity (Wildman–Crippen MR) is 69.0 cm³/mol. The number of Topliss-reactive ketones (excluding diaryl/α,β-unsaturated/α-hetero) is 1. The van der Waals surface area contributed by atoms with E-state index in [1.54, 1.807) is 19.1 Å². The van der Waals surface area contributed by atoms with Gasteiger partial charge < -0.3 is 4.74 Å². The molecule has 3 nitrogen and oxygen atoms in total. The van der Waals surface area contributed by atoms with Crippen LogP contribution in [0.1, 0.15) is 29.3 Å². The zero-order valence-electron chi connectivity index (χ0n) is 10.1. The van der Waals surface area contributed by atoms with Crippen molar-refractivity contribution >= 4 is 27.7 Å². The minimum atomic E-state index is -0.410. The van der Waals surface area contributed by atoms with E-state index in [2.05, 4.69) is 20.7 Å². The molecule has 17 heavy (non-hydrogen) atoms. The quantitative estimate of drug-likeness (QED) is 0.633. The third kappa shape index (κ3) is 3.66. The molecular formula is C13H15BrO3. The number of carbonyl (C=O) groups is 2. The summed E-state index contributed by atoms with van der Waals surface area (Å²) in [6, 6.07) is 5.42. The summed E-state index contributed by atoms with van der Waals surface area (Å²) in [5, 5.41) is 0. The first-order valence-corrected chi connectivity index (χ1v) is 6.12. The molecule has 0 saturated heterocycles. The highest BCUT2D eigenvalue weighted by Gasteiger charge is 2.18. The van der Waals surface area contributed by atoms with Gasteiger partial charge in [-0.25, -0.2) is 0 Å². The fourth-order valence-corrected chi connectivity index (χ4v) is 1.83. The third-order valence-corrected chi connectivity index (χ3v) is 3.44. The maximum Gasteiger partial charge on any atom is 0.308 e. The Kier molecular flexibility index (Phi) is 4.87. The molecule has 4 heteroatoms. The van der Waals surface area contributed by atoms with Gasteiger partial charge in [0.1, 0.15) is 0 Å². The van der Waals surface area contributed by atoms with Crippen molar-refractivity contribution in [2.75, 3.05) is 7.11 Å². The number of carbonyl (C=O) groups excluding carboxylic acids is 2. The lowest BCUT2D eigenvalue weighted by molar-refractivity contribution is -0.144. The number of benzene rings is 1. The van der Waals surface area contributed by atoms with Gasteiger partial charge in [-0.15, -0.1) is 0 Å². The molecule has 1 aromatic rings. The largest absolute Gasteiger partial charge is 0.469 e. The van der Waals surface area contributed by atoms with Gasteiger partial charge in [0.25, 0.3) is 0 Å². The summed E-state index contributed by atoms with van der Waals surface area (Å²) in [6.45, 7) is 3.64. The molecular weight excluding hydrogens is 284 g/mol. The summed E-state index contributed by atoms with van der Waals surface area (Å²) in [6.07, 6.45) is 0.169. The molecule has 1 atom stereocenters. The lowest BCUT2D eigenvalue weighted by atomic mass is 9.99. The van der Waals surface area contributed by atoms with Crippen molar-refractivity contribution in [3.05, 3.63) is 33.8 Å². The van der Waals surface area contributed by atoms with E-state index < -0.39 is 5.92 Å². The van der Waals surface area contributed by atoms with E-state index >= 15 is 0 Å². The topological polar surface area (TPSA) is 43.4 Å². The van der Waals surface area contributed by atoms with Crippen LogP contribution >= 0.6 is 15.9 Å². The number of ether oxygens (including phenoxy) is 1. The number of methoxy groups -OCH3 is 1. The standard InChI is InChI=1S/C13H15BrO3/c1-8-4-5-10(7-11(8)14)12(15)6-9(2)13(16)17-3/h4-5,7,9H,6H2,1-3H3. The van der Waals surface area contributed by atoms with Gasteiger partial charge in [0.15, 0.2) is 5.78 Å². The van der Waals surface area contributed by atoms with E-state index in [1.807, 2.05) is 13.0 Å². The monoisotopic (exact) mass is 298 g/mol. The first kappa shape index (κ1) is 13.9. The van der Waals surface area contributed by atoms with Gasteiger partial charge in [-0.1, -0.05) is 35.0 Å². The second-order valence-electron chi connectivity index (χ2n) is 4.02. The Morgan fingerprint density at radius 3 is 2.59 bits per heavy atom. The van der Waals surface area contributed by atoms with Crippen molar-refractivity contribution in [1.82, 2.24) is 0 Å². The van der Waals surface area contributed by atoms with Crippen LogP contribution in [0.15, 0.2) is 22.7 Å². The average molecular weight is 299 g/mol. The van der Waals surface area contributed by atoms with Gasteiger partial charge >= 0.3 is 5.97 Å². The molecule has 0 heterocycles. The summed E-state index contributed by atoms with van der Waals surface area (Å²) in [5.74, 6) is -0.819. The lowest BCUT2D eigenvalue weighted by Gasteiger charge is -2.08. The molecule has 0 fully saturated rings. The van der Waals surface area contributed by atoms with Crippen molar-refractivity contribution in [2.24, 2.45) is 5.92 Å². The van der Waals surface area contributed by atoms with Crippen LogP contribution in [0.2, 0.25) is 0 Å². The van der Waals surface area contributed by atoms with E-state index in [4.69, 9.17) is 0 Å². The molecule has 0 spiro atoms. The van der Waals surface area contributed by atoms with Crippen LogP contribution < -0.4 is 0 Å². The Hall–Kier alpha value is -1.16. The van der Waals surface area contributed by atoms with Crippen LogP contribution in [0.5, 0.6) is 0 Å². The van der Waals surface area contributed by atoms with Crippen molar-refractivity contribution in [1.29, 1.82) is 0 Å². The molecule has 0 saturated carbocycles. The zero-order chi connectivity index (χ0) is 13.0. The van der Waals surface area contributed by atoms with Crippen LogP contribution in [-0.4, -0.2) is 18.9 Å². The van der Waals surface area contributed by atoms with E-state index in [1.165, 1.54) is 7.11 Å². The van der Waals surface area contributed by atoms with Crippen molar-refractivity contribution < 1.29 is 14.3 Å². The number of esters is 1. The van der Waals surface area contributed by atoms with Crippen LogP contribution in [0.4, 0.5) is 0 Å². The maximum absolute atomic E-state index is 11.9. The third-order valence-electron chi connectivity index (χ3n) is 2.59. The first-order valence-electron chi connectivity index (χ1n) is 5.33. The van der Waals surface area contributed by atoms with Crippen LogP contribution in [-0.2, 0) is 9.53 Å². The predicted octanol–water partition coefficient (Wildman–Crippen LogP) is 3.14. The highest BCUT2D eigenvalue weighted by Crippen LogP contribution is 2.19. The van der Waals surface area contributed by atoms with Gasteiger partial charge in [-0.05, 0) is 18.6 Å². The van der Waals surface area contributed by atoms with Crippen molar-refractivity contribution in [3.63, 3.8) is 0 Å². The summed E-state index contributed by atoms with van der Waals surface area (Å²) in [5.41, 5.74) is 1.68. The highest BCUT2D eigenvalue weighted by molar-refractivity contribution is 9.10. The molecule has 1 unspecified atom stereocenters. The fraction of sp³-hybridized carbons (Fsp3) is 0.385. The van der Waals surface area contributed by atoms with Gasteiger partial charge in [0.2, 0.25) is 0 Å². The second kappa shape index (κ2) is 5.96. The minimum Gasteiger partial charge on any atom is -0.469 e. The fourth-order valence-electron chi connectivity index (χ4n) is 1.45. The maximum atomic E-state index is 11.9. The van der Waals surface area contributed by atoms with Crippen LogP contribution in [0.3, 0.4) is 0 Å². The number of halogens is 1. The summed E-state index contributed by atoms with van der Waals surface area (Å²) >= 11 is 3.38. The summed E-state index contributed by atoms with van der Waals surface area (Å²) in [7, 11) is 1.33. The molecule has 0 aromatic heterocycles. The van der Waals surface area contributed by atoms with E-state index in [-0.39, 0.29) is 18.2 Å². The Labute approximate surface area is 109 Å². The number of rotatable bonds is 4. The first-order chi connectivity index (χ1) is 7.95. The molecule has 0 bridgehead atoms. The Morgan fingerprint density at radius 1 is 1.41 bits per heavy atom. The Bertz CT molecular complexity index is 440. The smallest absolute Gasteiger partial charge is 0.308 e. The SMILES string of the molecule is COC(=O)C(C)CC(=O)c1ccc(C)c(Br)c1. The Morgan fingerprint density at radius 2 is 2.06 bits per heavy atom. The number of aryl methyl sites for hydroxylation is 1. The minimum absolute atomic E-state index is 0.0522. The van der Waals surface area contributed by atoms with Gasteiger partial charge in [-0.3, -0.25) is 9.59 Å². The summed E-state index contributed by atoms with van der Waals surface area (Å²) < 4.78 is 5.49. The van der Waals surface area contributed by atoms with Crippen LogP contribution in [0.25, 0.3) is 0 Å². The second-order valence-corrected chi connectivity index (χ2v) is 4.87. The molecule has 0 N–H and O–H groups in total.